The van der Waals surface area contributed by atoms with Gasteiger partial charge in [0.25, 0.3) is 5.91 Å². The SMILES string of the molecule is COc1cccc(C(=O)NCC(=O)Nc2cnn(CC3CCCO3)c2)c1. The molecule has 1 aromatic carbocycles. The Morgan fingerprint density at radius 3 is 3.08 bits per heavy atom. The Labute approximate surface area is 151 Å². The van der Waals surface area contributed by atoms with Crippen LogP contribution < -0.4 is 15.4 Å². The van der Waals surface area contributed by atoms with Crippen LogP contribution in [-0.2, 0) is 16.1 Å². The van der Waals surface area contributed by atoms with Crippen molar-refractivity contribution in [1.29, 1.82) is 0 Å². The zero-order valence-corrected chi connectivity index (χ0v) is 14.6. The van der Waals surface area contributed by atoms with E-state index in [1.807, 2.05) is 0 Å². The van der Waals surface area contributed by atoms with Crippen LogP contribution in [0.1, 0.15) is 23.2 Å². The van der Waals surface area contributed by atoms with Gasteiger partial charge in [-0.3, -0.25) is 14.3 Å². The summed E-state index contributed by atoms with van der Waals surface area (Å²) in [6, 6.07) is 6.74. The summed E-state index contributed by atoms with van der Waals surface area (Å²) in [5, 5.41) is 9.51. The number of nitrogens with one attached hydrogen (secondary N) is 2. The van der Waals surface area contributed by atoms with Crippen LogP contribution in [0.15, 0.2) is 36.7 Å². The highest BCUT2D eigenvalue weighted by atomic mass is 16.5. The number of ether oxygens (including phenoxy) is 2. The molecule has 3 rings (SSSR count). The highest BCUT2D eigenvalue weighted by molar-refractivity contribution is 5.99. The molecule has 1 aromatic heterocycles. The van der Waals surface area contributed by atoms with Gasteiger partial charge in [0.15, 0.2) is 0 Å². The quantitative estimate of drug-likeness (QED) is 0.781. The fourth-order valence-electron chi connectivity index (χ4n) is 2.76. The van der Waals surface area contributed by atoms with Crippen LogP contribution in [-0.4, -0.2) is 48.0 Å². The van der Waals surface area contributed by atoms with Crippen molar-refractivity contribution in [2.45, 2.75) is 25.5 Å². The number of hydrogen-bond acceptors (Lipinski definition) is 5. The van der Waals surface area contributed by atoms with Gasteiger partial charge in [-0.2, -0.15) is 5.10 Å². The molecule has 1 saturated heterocycles. The molecule has 0 radical (unpaired) electrons. The second kappa shape index (κ2) is 8.48. The number of rotatable bonds is 7. The van der Waals surface area contributed by atoms with Crippen molar-refractivity contribution in [1.82, 2.24) is 15.1 Å². The van der Waals surface area contributed by atoms with E-state index in [9.17, 15) is 9.59 Å². The van der Waals surface area contributed by atoms with E-state index in [1.165, 1.54) is 7.11 Å². The molecule has 0 saturated carbocycles. The van der Waals surface area contributed by atoms with Crippen molar-refractivity contribution in [3.8, 4) is 5.75 Å². The molecule has 8 nitrogen and oxygen atoms in total. The summed E-state index contributed by atoms with van der Waals surface area (Å²) in [6.45, 7) is 1.33. The number of carbonyl (C=O) groups is 2. The third-order valence-electron chi connectivity index (χ3n) is 4.07. The number of aromatic nitrogens is 2. The first-order valence-corrected chi connectivity index (χ1v) is 8.50. The molecule has 1 unspecified atom stereocenters. The number of carbonyl (C=O) groups excluding carboxylic acids is 2. The standard InChI is InChI=1S/C18H22N4O4/c1-25-15-5-2-4-13(8-15)18(24)19-10-17(23)21-14-9-20-22(11-14)12-16-6-3-7-26-16/h2,4-5,8-9,11,16H,3,6-7,10,12H2,1H3,(H,19,24)(H,21,23). The number of methoxy groups -OCH3 is 1. The minimum atomic E-state index is -0.340. The number of anilines is 1. The molecular weight excluding hydrogens is 336 g/mol. The van der Waals surface area contributed by atoms with Crippen molar-refractivity contribution in [3.63, 3.8) is 0 Å². The average Bonchev–Trinajstić information content (AvgIpc) is 3.32. The van der Waals surface area contributed by atoms with E-state index in [0.717, 1.165) is 19.4 Å². The van der Waals surface area contributed by atoms with Gasteiger partial charge >= 0.3 is 0 Å². The maximum absolute atomic E-state index is 12.1. The van der Waals surface area contributed by atoms with Crippen LogP contribution in [0.5, 0.6) is 5.75 Å². The summed E-state index contributed by atoms with van der Waals surface area (Å²) in [7, 11) is 1.53. The molecule has 0 spiro atoms. The summed E-state index contributed by atoms with van der Waals surface area (Å²) in [4.78, 5) is 24.1. The zero-order valence-electron chi connectivity index (χ0n) is 14.6. The van der Waals surface area contributed by atoms with E-state index in [1.54, 1.807) is 41.3 Å². The molecule has 138 valence electrons. The highest BCUT2D eigenvalue weighted by Gasteiger charge is 2.16. The summed E-state index contributed by atoms with van der Waals surface area (Å²) in [6.07, 6.45) is 5.61. The van der Waals surface area contributed by atoms with Crippen LogP contribution >= 0.6 is 0 Å². The molecule has 2 aromatic rings. The molecule has 0 bridgehead atoms. The fraction of sp³-hybridized carbons (Fsp3) is 0.389. The molecule has 1 aliphatic rings. The van der Waals surface area contributed by atoms with Crippen LogP contribution in [0, 0.1) is 0 Å². The molecule has 1 atom stereocenters. The van der Waals surface area contributed by atoms with Gasteiger partial charge in [0.1, 0.15) is 5.75 Å². The van der Waals surface area contributed by atoms with Crippen molar-refractivity contribution >= 4 is 17.5 Å². The summed E-state index contributed by atoms with van der Waals surface area (Å²) in [5.74, 6) is -0.0770. The molecule has 1 fully saturated rings. The van der Waals surface area contributed by atoms with Crippen molar-refractivity contribution in [3.05, 3.63) is 42.2 Å². The van der Waals surface area contributed by atoms with Gasteiger partial charge in [0.05, 0.1) is 38.2 Å². The smallest absolute Gasteiger partial charge is 0.251 e. The lowest BCUT2D eigenvalue weighted by Gasteiger charge is -2.08. The molecule has 8 heteroatoms. The van der Waals surface area contributed by atoms with E-state index < -0.39 is 0 Å². The first kappa shape index (κ1) is 17.9. The van der Waals surface area contributed by atoms with Crippen molar-refractivity contribution < 1.29 is 19.1 Å². The van der Waals surface area contributed by atoms with Crippen LogP contribution in [0.25, 0.3) is 0 Å². The van der Waals surface area contributed by atoms with Gasteiger partial charge in [0.2, 0.25) is 5.91 Å². The number of benzene rings is 1. The second-order valence-electron chi connectivity index (χ2n) is 6.05. The predicted octanol–water partition coefficient (Wildman–Crippen LogP) is 1.44. The molecular formula is C18H22N4O4. The topological polar surface area (TPSA) is 94.5 Å². The van der Waals surface area contributed by atoms with Crippen molar-refractivity contribution in [2.24, 2.45) is 0 Å². The monoisotopic (exact) mass is 358 g/mol. The Hall–Kier alpha value is -2.87. The highest BCUT2D eigenvalue weighted by Crippen LogP contribution is 2.15. The van der Waals surface area contributed by atoms with Gasteiger partial charge in [-0.1, -0.05) is 6.07 Å². The van der Waals surface area contributed by atoms with E-state index in [4.69, 9.17) is 9.47 Å². The third kappa shape index (κ3) is 4.82. The van der Waals surface area contributed by atoms with Gasteiger partial charge in [0, 0.05) is 18.4 Å². The number of hydrogen-bond donors (Lipinski definition) is 2. The molecule has 26 heavy (non-hydrogen) atoms. The summed E-state index contributed by atoms with van der Waals surface area (Å²) < 4.78 is 12.4. The van der Waals surface area contributed by atoms with E-state index >= 15 is 0 Å². The minimum Gasteiger partial charge on any atom is -0.497 e. The first-order chi connectivity index (χ1) is 12.6. The molecule has 2 N–H and O–H groups in total. The van der Waals surface area contributed by atoms with Crippen LogP contribution in [0.4, 0.5) is 5.69 Å². The first-order valence-electron chi connectivity index (χ1n) is 8.50. The maximum atomic E-state index is 12.1. The normalized spacial score (nSPS) is 16.3. The van der Waals surface area contributed by atoms with E-state index in [-0.39, 0.29) is 24.5 Å². The Kier molecular flexibility index (Phi) is 5.85. The Morgan fingerprint density at radius 2 is 2.31 bits per heavy atom. The molecule has 2 heterocycles. The maximum Gasteiger partial charge on any atom is 0.251 e. The summed E-state index contributed by atoms with van der Waals surface area (Å²) >= 11 is 0. The van der Waals surface area contributed by atoms with Gasteiger partial charge in [-0.05, 0) is 31.0 Å². The average molecular weight is 358 g/mol. The molecule has 0 aliphatic carbocycles. The molecule has 2 amide bonds. The lowest BCUT2D eigenvalue weighted by Crippen LogP contribution is -2.32. The Morgan fingerprint density at radius 1 is 1.42 bits per heavy atom. The van der Waals surface area contributed by atoms with E-state index in [2.05, 4.69) is 15.7 Å². The molecule has 1 aliphatic heterocycles. The van der Waals surface area contributed by atoms with Gasteiger partial charge in [-0.15, -0.1) is 0 Å². The number of nitrogens with zero attached hydrogens (tertiary/aromatic N) is 2. The lowest BCUT2D eigenvalue weighted by atomic mass is 10.2. The Bertz CT molecular complexity index is 768. The fourth-order valence-corrected chi connectivity index (χ4v) is 2.76. The number of amides is 2. The Balaban J connectivity index is 1.46. The van der Waals surface area contributed by atoms with Crippen molar-refractivity contribution in [2.75, 3.05) is 25.6 Å². The van der Waals surface area contributed by atoms with Gasteiger partial charge < -0.3 is 20.1 Å². The third-order valence-corrected chi connectivity index (χ3v) is 4.07. The zero-order chi connectivity index (χ0) is 18.4. The lowest BCUT2D eigenvalue weighted by molar-refractivity contribution is -0.115. The van der Waals surface area contributed by atoms with E-state index in [0.29, 0.717) is 23.5 Å². The summed E-state index contributed by atoms with van der Waals surface area (Å²) in [5.41, 5.74) is 1.02. The largest absolute Gasteiger partial charge is 0.497 e. The second-order valence-corrected chi connectivity index (χ2v) is 6.05. The minimum absolute atomic E-state index is 0.132. The van der Waals surface area contributed by atoms with Crippen LogP contribution in [0.2, 0.25) is 0 Å². The van der Waals surface area contributed by atoms with Gasteiger partial charge in [-0.25, -0.2) is 0 Å². The van der Waals surface area contributed by atoms with Crippen LogP contribution in [0.3, 0.4) is 0 Å². The predicted molar refractivity (Wildman–Crippen MR) is 95.2 cm³/mol.